The number of anilines is 1. The first kappa shape index (κ1) is 21.4. The summed E-state index contributed by atoms with van der Waals surface area (Å²) >= 11 is 0. The number of carbonyl (C=O) groups excluding carboxylic acids is 1. The summed E-state index contributed by atoms with van der Waals surface area (Å²) in [6, 6.07) is 28.9. The topological polar surface area (TPSA) is 101 Å². The summed E-state index contributed by atoms with van der Waals surface area (Å²) in [5.41, 5.74) is 7.13. The number of benzene rings is 3. The van der Waals surface area contributed by atoms with E-state index in [1.165, 1.54) is 12.3 Å². The molecule has 0 unspecified atom stereocenters. The molecule has 162 valence electrons. The number of hydrazone groups is 2. The van der Waals surface area contributed by atoms with Crippen LogP contribution >= 0.6 is 0 Å². The average molecular weight is 436 g/mol. The Labute approximate surface area is 189 Å². The Morgan fingerprint density at radius 2 is 1.33 bits per heavy atom. The molecule has 1 amide bonds. The Bertz CT molecular complexity index is 1330. The van der Waals surface area contributed by atoms with Gasteiger partial charge in [0.15, 0.2) is 5.69 Å². The molecule has 8 heteroatoms. The van der Waals surface area contributed by atoms with Crippen LogP contribution in [0.5, 0.6) is 0 Å². The first-order valence-electron chi connectivity index (χ1n) is 10.1. The monoisotopic (exact) mass is 436 g/mol. The van der Waals surface area contributed by atoms with Crippen molar-refractivity contribution in [3.05, 3.63) is 124 Å². The van der Waals surface area contributed by atoms with Gasteiger partial charge in [-0.1, -0.05) is 78.9 Å². The van der Waals surface area contributed by atoms with Gasteiger partial charge in [0.2, 0.25) is 0 Å². The summed E-state index contributed by atoms with van der Waals surface area (Å²) in [6.45, 7) is 0. The van der Waals surface area contributed by atoms with E-state index in [1.54, 1.807) is 30.5 Å². The number of aromatic nitrogens is 2. The Morgan fingerprint density at radius 1 is 0.788 bits per heavy atom. The molecule has 0 spiro atoms. The van der Waals surface area contributed by atoms with Crippen molar-refractivity contribution >= 4 is 24.0 Å². The Morgan fingerprint density at radius 3 is 1.94 bits per heavy atom. The van der Waals surface area contributed by atoms with Crippen molar-refractivity contribution in [2.24, 2.45) is 10.2 Å². The van der Waals surface area contributed by atoms with E-state index in [9.17, 15) is 9.59 Å². The highest BCUT2D eigenvalue weighted by atomic mass is 16.2. The number of amides is 1. The van der Waals surface area contributed by atoms with Gasteiger partial charge >= 0.3 is 0 Å². The molecule has 8 nitrogen and oxygen atoms in total. The second kappa shape index (κ2) is 10.5. The quantitative estimate of drug-likeness (QED) is 0.342. The van der Waals surface area contributed by atoms with Crippen LogP contribution in [-0.2, 0) is 0 Å². The number of hydrogen-bond donors (Lipinski definition) is 2. The van der Waals surface area contributed by atoms with Crippen molar-refractivity contribution in [3.63, 3.8) is 0 Å². The zero-order valence-corrected chi connectivity index (χ0v) is 17.5. The lowest BCUT2D eigenvalue weighted by Gasteiger charge is -2.10. The van der Waals surface area contributed by atoms with Crippen LogP contribution in [0, 0.1) is 0 Å². The number of para-hydroxylation sites is 1. The van der Waals surface area contributed by atoms with E-state index in [-0.39, 0.29) is 11.4 Å². The van der Waals surface area contributed by atoms with Crippen LogP contribution in [0.1, 0.15) is 21.6 Å². The zero-order chi connectivity index (χ0) is 22.9. The third kappa shape index (κ3) is 5.65. The fraction of sp³-hybridized carbons (Fsp3) is 0. The van der Waals surface area contributed by atoms with Gasteiger partial charge < -0.3 is 0 Å². The SMILES string of the molecule is O=C(N/N=C/c1ccccc1)c1nn(-c2ccccc2)c(=O)cc1N/N=C\c1ccccc1. The van der Waals surface area contributed by atoms with Crippen LogP contribution in [0.3, 0.4) is 0 Å². The number of nitrogens with one attached hydrogen (secondary N) is 2. The molecule has 0 fully saturated rings. The highest BCUT2D eigenvalue weighted by molar-refractivity contribution is 5.98. The number of rotatable bonds is 7. The van der Waals surface area contributed by atoms with E-state index in [4.69, 9.17) is 0 Å². The van der Waals surface area contributed by atoms with Crippen molar-refractivity contribution in [1.29, 1.82) is 0 Å². The van der Waals surface area contributed by atoms with Gasteiger partial charge in [-0.2, -0.15) is 20.0 Å². The van der Waals surface area contributed by atoms with Crippen molar-refractivity contribution < 1.29 is 4.79 Å². The minimum absolute atomic E-state index is 0.0334. The molecular weight excluding hydrogens is 416 g/mol. The first-order chi connectivity index (χ1) is 16.2. The van der Waals surface area contributed by atoms with E-state index in [0.717, 1.165) is 15.8 Å². The Balaban J connectivity index is 1.63. The predicted molar refractivity (Wildman–Crippen MR) is 129 cm³/mol. The maximum absolute atomic E-state index is 12.9. The molecule has 1 heterocycles. The Kier molecular flexibility index (Phi) is 6.77. The maximum atomic E-state index is 12.9. The lowest BCUT2D eigenvalue weighted by Crippen LogP contribution is -2.28. The van der Waals surface area contributed by atoms with E-state index in [1.807, 2.05) is 66.7 Å². The number of hydrogen-bond acceptors (Lipinski definition) is 6. The van der Waals surface area contributed by atoms with Crippen LogP contribution in [0.4, 0.5) is 5.69 Å². The molecule has 0 aliphatic rings. The molecular formula is C25H20N6O2. The summed E-state index contributed by atoms with van der Waals surface area (Å²) in [4.78, 5) is 25.6. The first-order valence-corrected chi connectivity index (χ1v) is 10.1. The molecule has 3 aromatic carbocycles. The van der Waals surface area contributed by atoms with Gasteiger partial charge in [-0.25, -0.2) is 5.43 Å². The summed E-state index contributed by atoms with van der Waals surface area (Å²) in [5.74, 6) is -0.593. The predicted octanol–water partition coefficient (Wildman–Crippen LogP) is 3.44. The molecule has 4 aromatic rings. The molecule has 0 radical (unpaired) electrons. The zero-order valence-electron chi connectivity index (χ0n) is 17.5. The van der Waals surface area contributed by atoms with Gasteiger partial charge in [0.05, 0.1) is 23.8 Å². The number of nitrogens with zero attached hydrogens (tertiary/aromatic N) is 4. The van der Waals surface area contributed by atoms with Crippen molar-refractivity contribution in [2.75, 3.05) is 5.43 Å². The van der Waals surface area contributed by atoms with Gasteiger partial charge in [-0.3, -0.25) is 15.0 Å². The van der Waals surface area contributed by atoms with Crippen LogP contribution < -0.4 is 16.4 Å². The molecule has 4 rings (SSSR count). The van der Waals surface area contributed by atoms with Crippen molar-refractivity contribution in [1.82, 2.24) is 15.2 Å². The fourth-order valence-corrected chi connectivity index (χ4v) is 2.94. The van der Waals surface area contributed by atoms with Crippen LogP contribution in [-0.4, -0.2) is 28.1 Å². The second-order valence-corrected chi connectivity index (χ2v) is 6.88. The lowest BCUT2D eigenvalue weighted by molar-refractivity contribution is 0.0949. The molecule has 0 atom stereocenters. The molecule has 1 aromatic heterocycles. The van der Waals surface area contributed by atoms with Crippen molar-refractivity contribution in [2.45, 2.75) is 0 Å². The van der Waals surface area contributed by atoms with E-state index >= 15 is 0 Å². The van der Waals surface area contributed by atoms with Gasteiger partial charge in [0, 0.05) is 6.07 Å². The summed E-state index contributed by atoms with van der Waals surface area (Å²) in [7, 11) is 0. The largest absolute Gasteiger partial charge is 0.294 e. The lowest BCUT2D eigenvalue weighted by atomic mass is 10.2. The average Bonchev–Trinajstić information content (AvgIpc) is 2.86. The van der Waals surface area contributed by atoms with Gasteiger partial charge in [-0.15, -0.1) is 0 Å². The summed E-state index contributed by atoms with van der Waals surface area (Å²) < 4.78 is 1.15. The molecule has 2 N–H and O–H groups in total. The minimum Gasteiger partial charge on any atom is -0.276 e. The smallest absolute Gasteiger partial charge is 0.276 e. The molecule has 0 saturated carbocycles. The summed E-state index contributed by atoms with van der Waals surface area (Å²) in [6.07, 6.45) is 3.10. The molecule has 0 bridgehead atoms. The molecule has 0 aliphatic carbocycles. The van der Waals surface area contributed by atoms with E-state index < -0.39 is 11.5 Å². The molecule has 33 heavy (non-hydrogen) atoms. The van der Waals surface area contributed by atoms with Crippen LogP contribution in [0.15, 0.2) is 112 Å². The number of carbonyl (C=O) groups is 1. The van der Waals surface area contributed by atoms with E-state index in [2.05, 4.69) is 26.2 Å². The van der Waals surface area contributed by atoms with Gasteiger partial charge in [0.1, 0.15) is 0 Å². The molecule has 0 aliphatic heterocycles. The van der Waals surface area contributed by atoms with E-state index in [0.29, 0.717) is 5.69 Å². The second-order valence-electron chi connectivity index (χ2n) is 6.88. The fourth-order valence-electron chi connectivity index (χ4n) is 2.94. The third-order valence-electron chi connectivity index (χ3n) is 4.53. The highest BCUT2D eigenvalue weighted by Crippen LogP contribution is 2.12. The molecule has 0 saturated heterocycles. The normalized spacial score (nSPS) is 11.0. The minimum atomic E-state index is -0.593. The highest BCUT2D eigenvalue weighted by Gasteiger charge is 2.17. The Hall–Kier alpha value is -4.85. The van der Waals surface area contributed by atoms with Crippen LogP contribution in [0.2, 0.25) is 0 Å². The standard InChI is InChI=1S/C25H20N6O2/c32-23-16-22(28-26-17-19-10-4-1-5-11-19)24(30-31(23)21-14-8-3-9-15-21)25(33)29-27-18-20-12-6-2-7-13-20/h1-18,28H,(H,29,33)/b26-17-,27-18+. The van der Waals surface area contributed by atoms with Gasteiger partial charge in [-0.05, 0) is 23.3 Å². The van der Waals surface area contributed by atoms with Crippen LogP contribution in [0.25, 0.3) is 5.69 Å². The van der Waals surface area contributed by atoms with Crippen molar-refractivity contribution in [3.8, 4) is 5.69 Å². The maximum Gasteiger partial charge on any atom is 0.294 e. The summed E-state index contributed by atoms with van der Waals surface area (Å²) in [5, 5.41) is 12.4. The third-order valence-corrected chi connectivity index (χ3v) is 4.53. The van der Waals surface area contributed by atoms with Gasteiger partial charge in [0.25, 0.3) is 11.5 Å².